The first-order valence-electron chi connectivity index (χ1n) is 12.0. The fourth-order valence-electron chi connectivity index (χ4n) is 2.70. The van der Waals surface area contributed by atoms with E-state index in [-0.39, 0.29) is 13.0 Å². The van der Waals surface area contributed by atoms with Gasteiger partial charge in [-0.2, -0.15) is 0 Å². The second kappa shape index (κ2) is 21.3. The van der Waals surface area contributed by atoms with E-state index >= 15 is 0 Å². The van der Waals surface area contributed by atoms with Crippen LogP contribution < -0.4 is 0 Å². The average molecular weight is 517 g/mol. The van der Waals surface area contributed by atoms with Gasteiger partial charge in [0.15, 0.2) is 6.10 Å². The predicted molar refractivity (Wildman–Crippen MR) is 134 cm³/mol. The van der Waals surface area contributed by atoms with Crippen molar-refractivity contribution in [2.45, 2.75) is 83.8 Å². The largest absolute Gasteiger partial charge is 0.469 e. The zero-order valence-electron chi connectivity index (χ0n) is 20.8. The lowest BCUT2D eigenvalue weighted by atomic mass is 10.2. The van der Waals surface area contributed by atoms with Crippen molar-refractivity contribution >= 4 is 19.8 Å². The summed E-state index contributed by atoms with van der Waals surface area (Å²) < 4.78 is 25.0. The van der Waals surface area contributed by atoms with Gasteiger partial charge < -0.3 is 24.4 Å². The molecule has 0 radical (unpaired) electrons. The number of unbranched alkanes of at least 4 members (excludes halogenated alkanes) is 4. The summed E-state index contributed by atoms with van der Waals surface area (Å²) in [6, 6.07) is 0. The number of carbonyl (C=O) groups is 2. The van der Waals surface area contributed by atoms with Crippen molar-refractivity contribution in [1.29, 1.82) is 0 Å². The molecule has 0 heterocycles. The monoisotopic (exact) mass is 516 g/mol. The minimum absolute atomic E-state index is 0.0955. The maximum Gasteiger partial charge on any atom is 0.469 e. The van der Waals surface area contributed by atoms with Gasteiger partial charge in [-0.25, -0.2) is 4.57 Å². The van der Waals surface area contributed by atoms with Gasteiger partial charge in [0, 0.05) is 13.3 Å². The molecule has 0 saturated heterocycles. The van der Waals surface area contributed by atoms with Crippen LogP contribution in [-0.2, 0) is 28.2 Å². The van der Waals surface area contributed by atoms with Gasteiger partial charge in [-0.3, -0.25) is 14.1 Å². The predicted octanol–water partition coefficient (Wildman–Crippen LogP) is 4.69. The molecule has 0 amide bonds. The van der Waals surface area contributed by atoms with Gasteiger partial charge in [-0.1, -0.05) is 68.4 Å². The molecule has 0 saturated carbocycles. The van der Waals surface area contributed by atoms with E-state index in [0.29, 0.717) is 25.7 Å². The van der Waals surface area contributed by atoms with Gasteiger partial charge in [0.25, 0.3) is 0 Å². The number of phosphoric acid groups is 1. The number of ether oxygens (including phenoxy) is 2. The number of aliphatic hydroxyl groups excluding tert-OH is 1. The Morgan fingerprint density at radius 2 is 1.66 bits per heavy atom. The quantitative estimate of drug-likeness (QED) is 0.0691. The summed E-state index contributed by atoms with van der Waals surface area (Å²) in [4.78, 5) is 40.4. The van der Waals surface area contributed by atoms with Crippen LogP contribution in [0, 0.1) is 0 Å². The first-order valence-corrected chi connectivity index (χ1v) is 13.5. The molecular formula is C25H41O9P. The summed E-state index contributed by atoms with van der Waals surface area (Å²) in [7, 11) is -4.74. The van der Waals surface area contributed by atoms with E-state index in [1.54, 1.807) is 6.08 Å². The summed E-state index contributed by atoms with van der Waals surface area (Å²) in [5, 5.41) is 9.91. The summed E-state index contributed by atoms with van der Waals surface area (Å²) in [5.74, 6) is -1.19. The van der Waals surface area contributed by atoms with E-state index in [0.717, 1.165) is 13.3 Å². The molecule has 3 N–H and O–H groups in total. The molecule has 0 rings (SSSR count). The third-order valence-corrected chi connectivity index (χ3v) is 4.97. The number of carbonyl (C=O) groups excluding carboxylic acids is 2. The molecule has 10 heteroatoms. The van der Waals surface area contributed by atoms with Crippen molar-refractivity contribution in [3.8, 4) is 0 Å². The van der Waals surface area contributed by atoms with E-state index < -0.39 is 38.6 Å². The van der Waals surface area contributed by atoms with Crippen LogP contribution in [0.3, 0.4) is 0 Å². The first kappa shape index (κ1) is 33.0. The highest BCUT2D eigenvalue weighted by molar-refractivity contribution is 7.46. The van der Waals surface area contributed by atoms with Gasteiger partial charge >= 0.3 is 19.8 Å². The summed E-state index contributed by atoms with van der Waals surface area (Å²) in [6.45, 7) is 2.40. The molecule has 0 aliphatic rings. The molecule has 0 aromatic rings. The van der Waals surface area contributed by atoms with Crippen LogP contribution in [0.2, 0.25) is 0 Å². The standard InChI is InChI=1S/C25H41O9P/c1-3-4-5-6-8-11-14-17-23(27)18-15-12-9-7-10-13-16-19-25(28)34-24(20-32-22(2)26)21-33-35(29,30)31/h7-8,10-12,14-15,17,23-24,27H,3-6,9,13,16,18-21H2,1-2H3,(H2,29,30,31)/b10-7+,11-8-,15-12-,17-14-/t23-,24+/m0/s1. The molecule has 9 nitrogen and oxygen atoms in total. The Hall–Kier alpha value is -2.03. The number of phosphoric ester groups is 1. The van der Waals surface area contributed by atoms with Gasteiger partial charge in [-0.05, 0) is 38.5 Å². The molecule has 35 heavy (non-hydrogen) atoms. The highest BCUT2D eigenvalue weighted by atomic mass is 31.2. The minimum atomic E-state index is -4.74. The number of aliphatic hydroxyl groups is 1. The van der Waals surface area contributed by atoms with Crippen LogP contribution in [0.4, 0.5) is 0 Å². The third-order valence-electron chi connectivity index (χ3n) is 4.49. The van der Waals surface area contributed by atoms with Crippen molar-refractivity contribution < 1.29 is 43.0 Å². The molecule has 2 atom stereocenters. The normalized spacial score (nSPS) is 14.3. The van der Waals surface area contributed by atoms with Crippen LogP contribution >= 0.6 is 7.82 Å². The van der Waals surface area contributed by atoms with Crippen molar-refractivity contribution in [3.63, 3.8) is 0 Å². The Bertz CT molecular complexity index is 737. The molecule has 0 bridgehead atoms. The Morgan fingerprint density at radius 1 is 0.943 bits per heavy atom. The van der Waals surface area contributed by atoms with Gasteiger partial charge in [0.2, 0.25) is 0 Å². The van der Waals surface area contributed by atoms with Crippen molar-refractivity contribution in [2.75, 3.05) is 13.2 Å². The van der Waals surface area contributed by atoms with Gasteiger partial charge in [0.1, 0.15) is 6.61 Å². The molecule has 0 aliphatic carbocycles. The van der Waals surface area contributed by atoms with Crippen molar-refractivity contribution in [2.24, 2.45) is 0 Å². The van der Waals surface area contributed by atoms with Crippen molar-refractivity contribution in [3.05, 3.63) is 48.6 Å². The molecule has 200 valence electrons. The van der Waals surface area contributed by atoms with E-state index in [1.165, 1.54) is 19.3 Å². The number of esters is 2. The van der Waals surface area contributed by atoms with Gasteiger partial charge in [-0.15, -0.1) is 0 Å². The second-order valence-electron chi connectivity index (χ2n) is 7.88. The Balaban J connectivity index is 4.05. The number of hydrogen-bond acceptors (Lipinski definition) is 7. The number of allylic oxidation sites excluding steroid dienone is 6. The van der Waals surface area contributed by atoms with E-state index in [9.17, 15) is 19.3 Å². The fourth-order valence-corrected chi connectivity index (χ4v) is 3.06. The van der Waals surface area contributed by atoms with Crippen LogP contribution in [0.25, 0.3) is 0 Å². The molecule has 0 spiro atoms. The molecule has 0 fully saturated rings. The van der Waals surface area contributed by atoms with Crippen molar-refractivity contribution in [1.82, 2.24) is 0 Å². The fraction of sp³-hybridized carbons (Fsp3) is 0.600. The molecule has 0 aromatic heterocycles. The summed E-state index contributed by atoms with van der Waals surface area (Å²) in [6.07, 6.45) is 21.1. The lowest BCUT2D eigenvalue weighted by Gasteiger charge is -2.17. The van der Waals surface area contributed by atoms with Gasteiger partial charge in [0.05, 0.1) is 12.7 Å². The zero-order valence-corrected chi connectivity index (χ0v) is 21.7. The lowest BCUT2D eigenvalue weighted by Crippen LogP contribution is -2.29. The highest BCUT2D eigenvalue weighted by Crippen LogP contribution is 2.35. The average Bonchev–Trinajstić information content (AvgIpc) is 2.78. The highest BCUT2D eigenvalue weighted by Gasteiger charge is 2.22. The first-order chi connectivity index (χ1) is 16.6. The van der Waals surface area contributed by atoms with Crippen LogP contribution in [0.15, 0.2) is 48.6 Å². The van der Waals surface area contributed by atoms with Crippen LogP contribution in [0.5, 0.6) is 0 Å². The second-order valence-corrected chi connectivity index (χ2v) is 9.12. The smallest absolute Gasteiger partial charge is 0.462 e. The zero-order chi connectivity index (χ0) is 26.4. The van der Waals surface area contributed by atoms with E-state index in [4.69, 9.17) is 19.3 Å². The van der Waals surface area contributed by atoms with E-state index in [2.05, 4.69) is 17.5 Å². The minimum Gasteiger partial charge on any atom is -0.462 e. The SMILES string of the molecule is CCCCC/C=C\C=C/[C@H](O)C/C=C\C/C=C/CCCC(=O)O[C@H](COC(C)=O)COP(=O)(O)O. The molecular weight excluding hydrogens is 475 g/mol. The third kappa shape index (κ3) is 24.9. The lowest BCUT2D eigenvalue weighted by molar-refractivity contribution is -0.160. The van der Waals surface area contributed by atoms with E-state index in [1.807, 2.05) is 36.5 Å². The Labute approximate surface area is 208 Å². The topological polar surface area (TPSA) is 140 Å². The summed E-state index contributed by atoms with van der Waals surface area (Å²) in [5.41, 5.74) is 0. The van der Waals surface area contributed by atoms with Crippen LogP contribution in [0.1, 0.15) is 71.6 Å². The summed E-state index contributed by atoms with van der Waals surface area (Å²) >= 11 is 0. The molecule has 0 aliphatic heterocycles. The Kier molecular flexibility index (Phi) is 20.0. The maximum atomic E-state index is 11.9. The molecule has 0 unspecified atom stereocenters. The number of hydrogen-bond donors (Lipinski definition) is 3. The van der Waals surface area contributed by atoms with Crippen LogP contribution in [-0.4, -0.2) is 52.3 Å². The Morgan fingerprint density at radius 3 is 2.34 bits per heavy atom. The number of rotatable bonds is 20. The maximum absolute atomic E-state index is 11.9. The molecule has 0 aromatic carbocycles.